The van der Waals surface area contributed by atoms with Crippen molar-refractivity contribution < 1.29 is 22.7 Å². The Morgan fingerprint density at radius 1 is 1.00 bits per heavy atom. The minimum atomic E-state index is -3.68. The highest BCUT2D eigenvalue weighted by Crippen LogP contribution is 2.30. The molecule has 11 heteroatoms. The Morgan fingerprint density at radius 3 is 2.30 bits per heavy atom. The molecule has 1 N–H and O–H groups in total. The number of nitrogens with zero attached hydrogens (tertiary/aromatic N) is 2. The summed E-state index contributed by atoms with van der Waals surface area (Å²) in [4.78, 5) is 29.2. The zero-order chi connectivity index (χ0) is 31.6. The van der Waals surface area contributed by atoms with E-state index in [0.717, 1.165) is 18.2 Å². The molecule has 2 amide bonds. The summed E-state index contributed by atoms with van der Waals surface area (Å²) in [7, 11) is -2.21. The molecule has 0 aromatic heterocycles. The van der Waals surface area contributed by atoms with Crippen molar-refractivity contribution in [3.8, 4) is 5.75 Å². The fourth-order valence-electron chi connectivity index (χ4n) is 4.65. The van der Waals surface area contributed by atoms with E-state index in [9.17, 15) is 18.0 Å². The summed E-state index contributed by atoms with van der Waals surface area (Å²) in [6.07, 6.45) is 2.33. The number of anilines is 1. The van der Waals surface area contributed by atoms with Crippen molar-refractivity contribution in [2.45, 2.75) is 58.2 Å². The number of benzene rings is 3. The van der Waals surface area contributed by atoms with E-state index in [1.165, 1.54) is 16.3 Å². The molecule has 0 radical (unpaired) electrons. The molecule has 3 rings (SSSR count). The number of nitrogens with one attached hydrogen (secondary N) is 1. The highest BCUT2D eigenvalue weighted by atomic mass is 35.5. The first-order chi connectivity index (χ1) is 20.4. The summed E-state index contributed by atoms with van der Waals surface area (Å²) in [6, 6.07) is 20.4. The van der Waals surface area contributed by atoms with Crippen LogP contribution < -0.4 is 14.4 Å². The van der Waals surface area contributed by atoms with Crippen molar-refractivity contribution in [2.24, 2.45) is 0 Å². The van der Waals surface area contributed by atoms with Gasteiger partial charge in [0.25, 0.3) is 0 Å². The largest absolute Gasteiger partial charge is 0.495 e. The van der Waals surface area contributed by atoms with Gasteiger partial charge in [-0.1, -0.05) is 78.7 Å². The summed E-state index contributed by atoms with van der Waals surface area (Å²) in [5.41, 5.74) is 1.92. The predicted octanol–water partition coefficient (Wildman–Crippen LogP) is 6.10. The van der Waals surface area contributed by atoms with E-state index in [0.29, 0.717) is 27.0 Å². The molecule has 2 unspecified atom stereocenters. The Bertz CT molecular complexity index is 1490. The first-order valence-corrected chi connectivity index (χ1v) is 16.7. The van der Waals surface area contributed by atoms with Crippen LogP contribution in [-0.2, 0) is 32.6 Å². The van der Waals surface area contributed by atoms with Gasteiger partial charge in [-0.05, 0) is 55.2 Å². The van der Waals surface area contributed by atoms with Gasteiger partial charge in [-0.25, -0.2) is 8.42 Å². The zero-order valence-corrected chi connectivity index (χ0v) is 27.3. The van der Waals surface area contributed by atoms with Gasteiger partial charge in [-0.3, -0.25) is 13.9 Å². The second-order valence-electron chi connectivity index (χ2n) is 10.4. The van der Waals surface area contributed by atoms with E-state index in [1.54, 1.807) is 42.5 Å². The van der Waals surface area contributed by atoms with E-state index >= 15 is 0 Å². The lowest BCUT2D eigenvalue weighted by Gasteiger charge is -2.33. The number of carbonyl (C=O) groups is 2. The number of halogens is 2. The van der Waals surface area contributed by atoms with Gasteiger partial charge in [-0.2, -0.15) is 0 Å². The highest BCUT2D eigenvalue weighted by molar-refractivity contribution is 7.92. The van der Waals surface area contributed by atoms with Crippen LogP contribution in [0.3, 0.4) is 0 Å². The van der Waals surface area contributed by atoms with Crippen molar-refractivity contribution in [3.05, 3.63) is 94.0 Å². The van der Waals surface area contributed by atoms with Crippen LogP contribution in [-0.4, -0.2) is 57.1 Å². The standard InChI is InChI=1S/C32H39Cl2N3O5S/c1-5-23(2)35-32(39)29(20-24-12-7-6-8-13-24)36(22-25-17-18-26(33)21-27(25)34)31(38)16-11-19-37(43(4,40)41)28-14-9-10-15-30(28)42-3/h6-10,12-15,17-18,21,23,29H,5,11,16,19-20,22H2,1-4H3,(H,35,39). The Hall–Kier alpha value is -3.27. The third-order valence-corrected chi connectivity index (χ3v) is 8.90. The molecule has 0 aliphatic rings. The van der Waals surface area contributed by atoms with E-state index in [-0.39, 0.29) is 50.2 Å². The fraction of sp³-hybridized carbons (Fsp3) is 0.375. The number of carbonyl (C=O) groups excluding carboxylic acids is 2. The van der Waals surface area contributed by atoms with Gasteiger partial charge in [0.15, 0.2) is 0 Å². The molecule has 2 atom stereocenters. The molecule has 8 nitrogen and oxygen atoms in total. The third kappa shape index (κ3) is 9.88. The zero-order valence-electron chi connectivity index (χ0n) is 24.9. The summed E-state index contributed by atoms with van der Waals surface area (Å²) in [6.45, 7) is 4.01. The van der Waals surface area contributed by atoms with Gasteiger partial charge in [0.1, 0.15) is 11.8 Å². The van der Waals surface area contributed by atoms with Crippen LogP contribution in [0.4, 0.5) is 5.69 Å². The molecule has 0 spiro atoms. The predicted molar refractivity (Wildman–Crippen MR) is 173 cm³/mol. The van der Waals surface area contributed by atoms with Crippen LogP contribution in [0.5, 0.6) is 5.75 Å². The van der Waals surface area contributed by atoms with Crippen LogP contribution in [0.25, 0.3) is 0 Å². The number of amides is 2. The number of ether oxygens (including phenoxy) is 1. The first-order valence-electron chi connectivity index (χ1n) is 14.1. The van der Waals surface area contributed by atoms with Crippen molar-refractivity contribution in [1.82, 2.24) is 10.2 Å². The van der Waals surface area contributed by atoms with Gasteiger partial charge < -0.3 is 15.0 Å². The Labute approximate surface area is 265 Å². The quantitative estimate of drug-likeness (QED) is 0.215. The van der Waals surface area contributed by atoms with Crippen LogP contribution >= 0.6 is 23.2 Å². The molecule has 0 heterocycles. The summed E-state index contributed by atoms with van der Waals surface area (Å²) < 4.78 is 32.1. The van der Waals surface area contributed by atoms with E-state index in [4.69, 9.17) is 27.9 Å². The highest BCUT2D eigenvalue weighted by Gasteiger charge is 2.31. The van der Waals surface area contributed by atoms with Crippen LogP contribution in [0, 0.1) is 0 Å². The van der Waals surface area contributed by atoms with Crippen LogP contribution in [0.2, 0.25) is 10.0 Å². The average Bonchev–Trinajstić information content (AvgIpc) is 2.97. The maximum absolute atomic E-state index is 14.0. The SMILES string of the molecule is CCC(C)NC(=O)C(Cc1ccccc1)N(Cc1ccc(Cl)cc1Cl)C(=O)CCCN(c1ccccc1OC)S(C)(=O)=O. The monoisotopic (exact) mass is 647 g/mol. The van der Waals surface area contributed by atoms with Crippen molar-refractivity contribution in [1.29, 1.82) is 0 Å². The number of hydrogen-bond acceptors (Lipinski definition) is 5. The third-order valence-electron chi connectivity index (χ3n) is 7.13. The Balaban J connectivity index is 1.94. The van der Waals surface area contributed by atoms with Crippen molar-refractivity contribution >= 4 is 50.7 Å². The first kappa shape index (κ1) is 34.2. The Kier molecular flexibility index (Phi) is 12.7. The van der Waals surface area contributed by atoms with Crippen LogP contribution in [0.1, 0.15) is 44.2 Å². The second kappa shape index (κ2) is 16.0. The van der Waals surface area contributed by atoms with Crippen molar-refractivity contribution in [3.63, 3.8) is 0 Å². The molecule has 0 bridgehead atoms. The smallest absolute Gasteiger partial charge is 0.243 e. The van der Waals surface area contributed by atoms with Crippen LogP contribution in [0.15, 0.2) is 72.8 Å². The number of rotatable bonds is 15. The lowest BCUT2D eigenvalue weighted by molar-refractivity contribution is -0.141. The molecule has 0 fully saturated rings. The normalized spacial score (nSPS) is 12.7. The van der Waals surface area contributed by atoms with Crippen molar-refractivity contribution in [2.75, 3.05) is 24.2 Å². The van der Waals surface area contributed by atoms with E-state index in [2.05, 4.69) is 5.32 Å². The van der Waals surface area contributed by atoms with E-state index in [1.807, 2.05) is 44.2 Å². The molecule has 0 saturated heterocycles. The molecule has 0 saturated carbocycles. The molecule has 3 aromatic rings. The topological polar surface area (TPSA) is 96.0 Å². The lowest BCUT2D eigenvalue weighted by Crippen LogP contribution is -2.52. The number of methoxy groups -OCH3 is 1. The average molecular weight is 649 g/mol. The molecule has 3 aromatic carbocycles. The van der Waals surface area contributed by atoms with Gasteiger partial charge >= 0.3 is 0 Å². The van der Waals surface area contributed by atoms with Gasteiger partial charge in [-0.15, -0.1) is 0 Å². The molecular formula is C32H39Cl2N3O5S. The molecule has 0 aliphatic heterocycles. The van der Waals surface area contributed by atoms with Gasteiger partial charge in [0.2, 0.25) is 21.8 Å². The van der Waals surface area contributed by atoms with Gasteiger partial charge in [0, 0.05) is 42.0 Å². The minimum absolute atomic E-state index is 0.00568. The number of para-hydroxylation sites is 2. The minimum Gasteiger partial charge on any atom is -0.495 e. The molecule has 43 heavy (non-hydrogen) atoms. The maximum Gasteiger partial charge on any atom is 0.243 e. The maximum atomic E-state index is 14.0. The summed E-state index contributed by atoms with van der Waals surface area (Å²) >= 11 is 12.6. The van der Waals surface area contributed by atoms with Gasteiger partial charge in [0.05, 0.1) is 19.1 Å². The van der Waals surface area contributed by atoms with E-state index < -0.39 is 16.1 Å². The summed E-state index contributed by atoms with van der Waals surface area (Å²) in [5, 5.41) is 3.87. The molecule has 0 aliphatic carbocycles. The number of hydrogen-bond donors (Lipinski definition) is 1. The fourth-order valence-corrected chi connectivity index (χ4v) is 6.08. The lowest BCUT2D eigenvalue weighted by atomic mass is 10.0. The summed E-state index contributed by atoms with van der Waals surface area (Å²) in [5.74, 6) is -0.175. The second-order valence-corrected chi connectivity index (χ2v) is 13.1. The molecule has 232 valence electrons. The Morgan fingerprint density at radius 2 is 1.67 bits per heavy atom. The number of sulfonamides is 1. The molecular weight excluding hydrogens is 609 g/mol.